The molecule has 2 rings (SSSR count). The van der Waals surface area contributed by atoms with Gasteiger partial charge in [0.15, 0.2) is 0 Å². The average molecular weight is 294 g/mol. The van der Waals surface area contributed by atoms with Gasteiger partial charge >= 0.3 is 5.97 Å². The molecule has 8 heteroatoms. The summed E-state index contributed by atoms with van der Waals surface area (Å²) in [6, 6.07) is 1.54. The number of rotatable bonds is 6. The van der Waals surface area contributed by atoms with Crippen molar-refractivity contribution in [2.24, 2.45) is 17.3 Å². The molecule has 0 spiro atoms. The van der Waals surface area contributed by atoms with Crippen LogP contribution in [0.3, 0.4) is 0 Å². The molecule has 0 unspecified atom stereocenters. The number of carbonyl (C=O) groups excluding carboxylic acids is 2. The van der Waals surface area contributed by atoms with Crippen LogP contribution in [0.2, 0.25) is 0 Å². The molecule has 0 aromatic carbocycles. The van der Waals surface area contributed by atoms with E-state index in [9.17, 15) is 14.4 Å². The van der Waals surface area contributed by atoms with Gasteiger partial charge in [-0.05, 0) is 11.5 Å². The maximum Gasteiger partial charge on any atom is 0.307 e. The van der Waals surface area contributed by atoms with Crippen LogP contribution in [0.15, 0.2) is 12.3 Å². The van der Waals surface area contributed by atoms with Crippen molar-refractivity contribution in [2.45, 2.75) is 13.8 Å². The third-order valence-electron chi connectivity index (χ3n) is 3.83. The van der Waals surface area contributed by atoms with Gasteiger partial charge in [0, 0.05) is 19.3 Å². The van der Waals surface area contributed by atoms with Crippen LogP contribution in [-0.2, 0) is 9.59 Å². The van der Waals surface area contributed by atoms with E-state index in [1.165, 1.54) is 12.3 Å². The highest BCUT2D eigenvalue weighted by Crippen LogP contribution is 2.58. The Kier molecular flexibility index (Phi) is 3.97. The van der Waals surface area contributed by atoms with Gasteiger partial charge in [-0.3, -0.25) is 19.5 Å². The highest BCUT2D eigenvalue weighted by molar-refractivity contribution is 5.92. The van der Waals surface area contributed by atoms with Crippen LogP contribution in [-0.4, -0.2) is 46.2 Å². The number of aromatic amines is 1. The molecule has 1 saturated carbocycles. The normalized spacial score (nSPS) is 22.4. The molecule has 0 saturated heterocycles. The largest absolute Gasteiger partial charge is 0.481 e. The van der Waals surface area contributed by atoms with Gasteiger partial charge in [-0.15, -0.1) is 0 Å². The lowest BCUT2D eigenvalue weighted by Crippen LogP contribution is -2.36. The first kappa shape index (κ1) is 15.0. The van der Waals surface area contributed by atoms with Gasteiger partial charge in [-0.1, -0.05) is 13.8 Å². The summed E-state index contributed by atoms with van der Waals surface area (Å²) in [6.45, 7) is 4.03. The molecule has 114 valence electrons. The number of H-pyrrole nitrogens is 1. The van der Waals surface area contributed by atoms with Gasteiger partial charge in [0.1, 0.15) is 5.69 Å². The number of carbonyl (C=O) groups is 3. The van der Waals surface area contributed by atoms with E-state index >= 15 is 0 Å². The van der Waals surface area contributed by atoms with E-state index in [2.05, 4.69) is 20.8 Å². The lowest BCUT2D eigenvalue weighted by Gasteiger charge is -2.07. The summed E-state index contributed by atoms with van der Waals surface area (Å²) in [7, 11) is 0. The lowest BCUT2D eigenvalue weighted by atomic mass is 10.1. The topological polar surface area (TPSA) is 124 Å². The minimum Gasteiger partial charge on any atom is -0.481 e. The van der Waals surface area contributed by atoms with E-state index < -0.39 is 23.2 Å². The Labute approximate surface area is 121 Å². The molecule has 21 heavy (non-hydrogen) atoms. The molecule has 1 aliphatic carbocycles. The number of aliphatic carboxylic acids is 1. The van der Waals surface area contributed by atoms with Crippen molar-refractivity contribution in [3.05, 3.63) is 18.0 Å². The van der Waals surface area contributed by atoms with Crippen LogP contribution < -0.4 is 10.6 Å². The molecule has 0 aliphatic heterocycles. The molecule has 1 aromatic rings. The molecule has 4 N–H and O–H groups in total. The zero-order valence-corrected chi connectivity index (χ0v) is 11.8. The average Bonchev–Trinajstić information content (AvgIpc) is 2.81. The smallest absolute Gasteiger partial charge is 0.307 e. The van der Waals surface area contributed by atoms with Crippen molar-refractivity contribution in [2.75, 3.05) is 13.1 Å². The standard InChI is InChI=1S/C13H18N4O4/c1-13(2)8(9(13)12(20)21)11(19)15-6-5-14-10(18)7-3-4-16-17-7/h3-4,8-9H,5-6H2,1-2H3,(H,14,18)(H,15,19)(H,16,17)(H,20,21)/t8-,9+/m1/s1. The number of hydrogen-bond acceptors (Lipinski definition) is 4. The van der Waals surface area contributed by atoms with E-state index in [1.54, 1.807) is 13.8 Å². The van der Waals surface area contributed by atoms with Crippen molar-refractivity contribution < 1.29 is 19.5 Å². The number of carboxylic acids is 1. The fourth-order valence-corrected chi connectivity index (χ4v) is 2.54. The second kappa shape index (κ2) is 5.55. The fraction of sp³-hybridized carbons (Fsp3) is 0.538. The van der Waals surface area contributed by atoms with Crippen LogP contribution in [0.5, 0.6) is 0 Å². The van der Waals surface area contributed by atoms with Crippen molar-refractivity contribution in [3.8, 4) is 0 Å². The monoisotopic (exact) mass is 294 g/mol. The van der Waals surface area contributed by atoms with Crippen molar-refractivity contribution in [1.82, 2.24) is 20.8 Å². The van der Waals surface area contributed by atoms with Crippen molar-refractivity contribution in [3.63, 3.8) is 0 Å². The zero-order valence-electron chi connectivity index (χ0n) is 11.8. The summed E-state index contributed by atoms with van der Waals surface area (Å²) < 4.78 is 0. The van der Waals surface area contributed by atoms with Crippen molar-refractivity contribution in [1.29, 1.82) is 0 Å². The predicted octanol–water partition coefficient (Wildman–Crippen LogP) is -0.387. The van der Waals surface area contributed by atoms with Crippen molar-refractivity contribution >= 4 is 17.8 Å². The number of aromatic nitrogens is 2. The van der Waals surface area contributed by atoms with Gasteiger partial charge in [0.2, 0.25) is 5.91 Å². The summed E-state index contributed by atoms with van der Waals surface area (Å²) in [5.74, 6) is -2.71. The van der Waals surface area contributed by atoms with Gasteiger partial charge in [-0.2, -0.15) is 5.10 Å². The van der Waals surface area contributed by atoms with Gasteiger partial charge in [0.05, 0.1) is 11.8 Å². The lowest BCUT2D eigenvalue weighted by molar-refractivity contribution is -0.140. The second-order valence-corrected chi connectivity index (χ2v) is 5.63. The highest BCUT2D eigenvalue weighted by Gasteiger charge is 2.65. The highest BCUT2D eigenvalue weighted by atomic mass is 16.4. The molecule has 8 nitrogen and oxygen atoms in total. The predicted molar refractivity (Wildman–Crippen MR) is 72.3 cm³/mol. The summed E-state index contributed by atoms with van der Waals surface area (Å²) in [6.07, 6.45) is 1.47. The van der Waals surface area contributed by atoms with Gasteiger partial charge < -0.3 is 15.7 Å². The maximum atomic E-state index is 11.9. The first-order valence-corrected chi connectivity index (χ1v) is 6.63. The summed E-state index contributed by atoms with van der Waals surface area (Å²) in [5.41, 5.74) is -0.176. The molecule has 2 atom stereocenters. The second-order valence-electron chi connectivity index (χ2n) is 5.63. The number of amides is 2. The van der Waals surface area contributed by atoms with Crippen LogP contribution in [0.25, 0.3) is 0 Å². The number of nitrogens with zero attached hydrogens (tertiary/aromatic N) is 1. The fourth-order valence-electron chi connectivity index (χ4n) is 2.54. The minimum absolute atomic E-state index is 0.248. The van der Waals surface area contributed by atoms with E-state index in [-0.39, 0.29) is 24.9 Å². The Morgan fingerprint density at radius 1 is 1.29 bits per heavy atom. The van der Waals surface area contributed by atoms with Crippen LogP contribution in [0, 0.1) is 17.3 Å². The first-order valence-electron chi connectivity index (χ1n) is 6.63. The molecule has 0 radical (unpaired) electrons. The number of hydrogen-bond donors (Lipinski definition) is 4. The van der Waals surface area contributed by atoms with Gasteiger partial charge in [-0.25, -0.2) is 0 Å². The third kappa shape index (κ3) is 3.04. The Bertz CT molecular complexity index is 553. The summed E-state index contributed by atoms with van der Waals surface area (Å²) >= 11 is 0. The molecule has 1 fully saturated rings. The van der Waals surface area contributed by atoms with Gasteiger partial charge in [0.25, 0.3) is 5.91 Å². The first-order chi connectivity index (χ1) is 9.85. The summed E-state index contributed by atoms with van der Waals surface area (Å²) in [4.78, 5) is 34.5. The molecule has 0 bridgehead atoms. The number of nitrogens with one attached hydrogen (secondary N) is 3. The molecular formula is C13H18N4O4. The molecular weight excluding hydrogens is 276 g/mol. The third-order valence-corrected chi connectivity index (χ3v) is 3.83. The Morgan fingerprint density at radius 3 is 2.48 bits per heavy atom. The Morgan fingerprint density at radius 2 is 1.95 bits per heavy atom. The van der Waals surface area contributed by atoms with Crippen LogP contribution in [0.4, 0.5) is 0 Å². The van der Waals surface area contributed by atoms with E-state index in [4.69, 9.17) is 5.11 Å². The maximum absolute atomic E-state index is 11.9. The van der Waals surface area contributed by atoms with E-state index in [0.717, 1.165) is 0 Å². The summed E-state index contributed by atoms with van der Waals surface area (Å²) in [5, 5.41) is 20.5. The minimum atomic E-state index is -0.951. The quantitative estimate of drug-likeness (QED) is 0.532. The van der Waals surface area contributed by atoms with E-state index in [0.29, 0.717) is 5.69 Å². The molecule has 1 aromatic heterocycles. The SMILES string of the molecule is CC1(C)[C@H](C(=O)O)[C@@H]1C(=O)NCCNC(=O)c1ccn[nH]1. The van der Waals surface area contributed by atoms with Crippen LogP contribution >= 0.6 is 0 Å². The molecule has 1 aliphatic rings. The molecule has 2 amide bonds. The Hall–Kier alpha value is -2.38. The van der Waals surface area contributed by atoms with E-state index in [1.807, 2.05) is 0 Å². The number of carboxylic acid groups (broad SMARTS) is 1. The Balaban J connectivity index is 1.71. The molecule has 1 heterocycles. The van der Waals surface area contributed by atoms with Crippen LogP contribution in [0.1, 0.15) is 24.3 Å². The zero-order chi connectivity index (χ0) is 15.6.